The lowest BCUT2D eigenvalue weighted by Gasteiger charge is -2.11. The van der Waals surface area contributed by atoms with Gasteiger partial charge < -0.3 is 9.47 Å². The van der Waals surface area contributed by atoms with Crippen LogP contribution in [0.25, 0.3) is 0 Å². The highest BCUT2D eigenvalue weighted by Crippen LogP contribution is 2.27. The number of esters is 1. The van der Waals surface area contributed by atoms with Gasteiger partial charge in [0.15, 0.2) is 5.75 Å². The van der Waals surface area contributed by atoms with E-state index in [4.69, 9.17) is 5.26 Å². The normalized spacial score (nSPS) is 9.72. The van der Waals surface area contributed by atoms with Crippen molar-refractivity contribution >= 4 is 12.3 Å². The zero-order valence-corrected chi connectivity index (χ0v) is 9.15. The number of hydrogen-bond donors (Lipinski definition) is 0. The molecule has 0 aromatic heterocycles. The molecule has 94 valence electrons. The van der Waals surface area contributed by atoms with Gasteiger partial charge in [-0.25, -0.2) is 4.79 Å². The molecule has 0 aliphatic heterocycles. The van der Waals surface area contributed by atoms with Gasteiger partial charge in [0, 0.05) is 5.56 Å². The molecule has 1 aromatic carbocycles. The lowest BCUT2D eigenvalue weighted by atomic mass is 10.1. The van der Waals surface area contributed by atoms with E-state index < -0.39 is 23.9 Å². The summed E-state index contributed by atoms with van der Waals surface area (Å²) in [4.78, 5) is 22.0. The van der Waals surface area contributed by atoms with Crippen LogP contribution < -0.4 is 4.74 Å². The second kappa shape index (κ2) is 5.72. The Labute approximate surface area is 101 Å². The summed E-state index contributed by atoms with van der Waals surface area (Å²) in [6, 6.07) is 3.62. The fourth-order valence-electron chi connectivity index (χ4n) is 1.28. The predicted octanol–water partition coefficient (Wildman–Crippen LogP) is 1.76. The molecular weight excluding hydrogens is 248 g/mol. The largest absolute Gasteiger partial charge is 0.465 e. The maximum Gasteiger partial charge on any atom is 0.387 e. The Morgan fingerprint density at radius 3 is 2.61 bits per heavy atom. The fraction of sp³-hybridized carbons (Fsp3) is 0.182. The summed E-state index contributed by atoms with van der Waals surface area (Å²) in [6.45, 7) is -3.21. The first-order valence-electron chi connectivity index (χ1n) is 4.60. The summed E-state index contributed by atoms with van der Waals surface area (Å²) >= 11 is 0. The fourth-order valence-corrected chi connectivity index (χ4v) is 1.28. The van der Waals surface area contributed by atoms with Gasteiger partial charge in [0.25, 0.3) is 0 Å². The zero-order chi connectivity index (χ0) is 13.7. The average Bonchev–Trinajstić information content (AvgIpc) is 2.37. The molecule has 0 N–H and O–H groups in total. The highest BCUT2D eigenvalue weighted by molar-refractivity contribution is 5.95. The van der Waals surface area contributed by atoms with Crippen LogP contribution in [0.15, 0.2) is 12.1 Å². The Bertz CT molecular complexity index is 523. The molecule has 1 rings (SSSR count). The summed E-state index contributed by atoms with van der Waals surface area (Å²) < 4.78 is 32.9. The first kappa shape index (κ1) is 13.6. The minimum absolute atomic E-state index is 0.0198. The van der Waals surface area contributed by atoms with Crippen molar-refractivity contribution in [3.63, 3.8) is 0 Å². The van der Waals surface area contributed by atoms with Crippen molar-refractivity contribution in [1.29, 1.82) is 5.26 Å². The van der Waals surface area contributed by atoms with Crippen molar-refractivity contribution in [2.45, 2.75) is 6.61 Å². The molecular formula is C11H7F2NO4. The van der Waals surface area contributed by atoms with Crippen molar-refractivity contribution in [2.75, 3.05) is 7.11 Å². The molecule has 0 spiro atoms. The van der Waals surface area contributed by atoms with E-state index in [1.54, 1.807) is 6.07 Å². The molecule has 0 radical (unpaired) electrons. The van der Waals surface area contributed by atoms with E-state index in [9.17, 15) is 18.4 Å². The summed E-state index contributed by atoms with van der Waals surface area (Å²) in [5, 5.41) is 8.79. The number of nitrogens with zero attached hydrogens (tertiary/aromatic N) is 1. The zero-order valence-electron chi connectivity index (χ0n) is 9.15. The topological polar surface area (TPSA) is 76.4 Å². The van der Waals surface area contributed by atoms with E-state index in [0.717, 1.165) is 19.2 Å². The van der Waals surface area contributed by atoms with E-state index in [2.05, 4.69) is 9.47 Å². The molecule has 0 aliphatic rings. The monoisotopic (exact) mass is 255 g/mol. The molecule has 0 bridgehead atoms. The van der Waals surface area contributed by atoms with Gasteiger partial charge in [-0.3, -0.25) is 4.79 Å². The summed E-state index contributed by atoms with van der Waals surface area (Å²) in [5.74, 6) is -1.59. The van der Waals surface area contributed by atoms with Gasteiger partial charge >= 0.3 is 12.6 Å². The van der Waals surface area contributed by atoms with Crippen LogP contribution in [0.5, 0.6) is 5.75 Å². The number of hydrogen-bond acceptors (Lipinski definition) is 5. The van der Waals surface area contributed by atoms with Gasteiger partial charge in [-0.15, -0.1) is 0 Å². The van der Waals surface area contributed by atoms with Gasteiger partial charge in [0.05, 0.1) is 12.7 Å². The van der Waals surface area contributed by atoms with Gasteiger partial charge in [0.2, 0.25) is 0 Å². The van der Waals surface area contributed by atoms with E-state index in [-0.39, 0.29) is 11.1 Å². The van der Waals surface area contributed by atoms with Gasteiger partial charge in [-0.05, 0) is 12.1 Å². The van der Waals surface area contributed by atoms with Crippen LogP contribution in [0.2, 0.25) is 0 Å². The molecule has 0 heterocycles. The van der Waals surface area contributed by atoms with Crippen LogP contribution in [-0.4, -0.2) is 26.0 Å². The number of halogens is 2. The summed E-state index contributed by atoms with van der Waals surface area (Å²) in [5.41, 5.74) is -0.771. The molecule has 0 amide bonds. The quantitative estimate of drug-likeness (QED) is 0.605. The Hall–Kier alpha value is -2.49. The van der Waals surface area contributed by atoms with Crippen molar-refractivity contribution in [3.8, 4) is 11.8 Å². The lowest BCUT2D eigenvalue weighted by molar-refractivity contribution is -0.0506. The third kappa shape index (κ3) is 2.79. The van der Waals surface area contributed by atoms with Crippen molar-refractivity contribution in [2.24, 2.45) is 0 Å². The van der Waals surface area contributed by atoms with Crippen LogP contribution in [0, 0.1) is 11.3 Å². The van der Waals surface area contributed by atoms with E-state index in [1.807, 2.05) is 0 Å². The number of aldehydes is 1. The van der Waals surface area contributed by atoms with Crippen LogP contribution in [0.4, 0.5) is 8.78 Å². The number of alkyl halides is 2. The van der Waals surface area contributed by atoms with E-state index >= 15 is 0 Å². The van der Waals surface area contributed by atoms with Crippen molar-refractivity contribution < 1.29 is 27.8 Å². The SMILES string of the molecule is COC(=O)c1cc(C=O)cc(C#N)c1OC(F)F. The molecule has 0 fully saturated rings. The van der Waals surface area contributed by atoms with Gasteiger partial charge in [-0.2, -0.15) is 14.0 Å². The molecule has 0 aliphatic carbocycles. The lowest BCUT2D eigenvalue weighted by Crippen LogP contribution is -2.11. The summed E-state index contributed by atoms with van der Waals surface area (Å²) in [6.07, 6.45) is 0.374. The standard InChI is InChI=1S/C11H7F2NO4/c1-17-10(16)8-3-6(5-15)2-7(4-14)9(8)18-11(12)13/h2-3,5,11H,1H3. The Balaban J connectivity index is 3.47. The Morgan fingerprint density at radius 1 is 1.50 bits per heavy atom. The highest BCUT2D eigenvalue weighted by Gasteiger charge is 2.21. The predicted molar refractivity (Wildman–Crippen MR) is 54.5 cm³/mol. The maximum atomic E-state index is 12.2. The Kier molecular flexibility index (Phi) is 4.32. The number of methoxy groups -OCH3 is 1. The van der Waals surface area contributed by atoms with Crippen molar-refractivity contribution in [1.82, 2.24) is 0 Å². The number of carbonyl (C=O) groups is 2. The minimum Gasteiger partial charge on any atom is -0.465 e. The summed E-state index contributed by atoms with van der Waals surface area (Å²) in [7, 11) is 1.04. The van der Waals surface area contributed by atoms with E-state index in [0.29, 0.717) is 6.29 Å². The smallest absolute Gasteiger partial charge is 0.387 e. The van der Waals surface area contributed by atoms with Crippen LogP contribution in [-0.2, 0) is 4.74 Å². The third-order valence-corrected chi connectivity index (χ3v) is 1.98. The first-order chi connectivity index (χ1) is 8.53. The Morgan fingerprint density at radius 2 is 2.17 bits per heavy atom. The molecule has 1 aromatic rings. The number of ether oxygens (including phenoxy) is 2. The molecule has 0 saturated carbocycles. The molecule has 5 nitrogen and oxygen atoms in total. The number of rotatable bonds is 4. The number of carbonyl (C=O) groups excluding carboxylic acids is 2. The molecule has 0 atom stereocenters. The van der Waals surface area contributed by atoms with Crippen LogP contribution in [0.1, 0.15) is 26.3 Å². The second-order valence-corrected chi connectivity index (χ2v) is 3.04. The van der Waals surface area contributed by atoms with Crippen LogP contribution >= 0.6 is 0 Å². The number of nitriles is 1. The molecule has 18 heavy (non-hydrogen) atoms. The third-order valence-electron chi connectivity index (χ3n) is 1.98. The van der Waals surface area contributed by atoms with Gasteiger partial charge in [-0.1, -0.05) is 0 Å². The molecule has 0 saturated heterocycles. The minimum atomic E-state index is -3.21. The molecule has 0 unspecified atom stereocenters. The second-order valence-electron chi connectivity index (χ2n) is 3.04. The van der Waals surface area contributed by atoms with Crippen molar-refractivity contribution in [3.05, 3.63) is 28.8 Å². The van der Waals surface area contributed by atoms with Crippen LogP contribution in [0.3, 0.4) is 0 Å². The number of benzene rings is 1. The molecule has 7 heteroatoms. The van der Waals surface area contributed by atoms with E-state index in [1.165, 1.54) is 0 Å². The van der Waals surface area contributed by atoms with Gasteiger partial charge in [0.1, 0.15) is 17.9 Å². The maximum absolute atomic E-state index is 12.2. The highest BCUT2D eigenvalue weighted by atomic mass is 19.3. The average molecular weight is 255 g/mol. The first-order valence-corrected chi connectivity index (χ1v) is 4.60.